The summed E-state index contributed by atoms with van der Waals surface area (Å²) < 4.78 is 68.2. The largest absolute Gasteiger partial charge is 0.480 e. The molecule has 0 spiro atoms. The summed E-state index contributed by atoms with van der Waals surface area (Å²) in [6, 6.07) is 4.23. The minimum Gasteiger partial charge on any atom is -0.480 e. The lowest BCUT2D eigenvalue weighted by molar-refractivity contribution is -0.138. The maximum Gasteiger partial charge on any atom is 0.416 e. The van der Waals surface area contributed by atoms with Crippen molar-refractivity contribution < 1.29 is 31.5 Å². The summed E-state index contributed by atoms with van der Waals surface area (Å²) in [7, 11) is -4.13. The van der Waals surface area contributed by atoms with E-state index in [9.17, 15) is 31.6 Å². The number of hydrogen-bond acceptors (Lipinski definition) is 4. The van der Waals surface area contributed by atoms with Crippen LogP contribution in [-0.4, -0.2) is 41.5 Å². The van der Waals surface area contributed by atoms with E-state index in [1.165, 1.54) is 12.4 Å². The van der Waals surface area contributed by atoms with Crippen LogP contribution in [0, 0.1) is 11.3 Å². The maximum atomic E-state index is 13.4. The predicted molar refractivity (Wildman–Crippen MR) is 95.2 cm³/mol. The Hall–Kier alpha value is -2.84. The van der Waals surface area contributed by atoms with Crippen LogP contribution < -0.4 is 0 Å². The van der Waals surface area contributed by atoms with Crippen LogP contribution >= 0.6 is 0 Å². The van der Waals surface area contributed by atoms with E-state index in [0.717, 1.165) is 21.0 Å². The molecule has 3 rings (SSSR count). The number of aromatic nitrogens is 1. The van der Waals surface area contributed by atoms with Crippen LogP contribution in [0.4, 0.5) is 13.2 Å². The first-order valence-corrected chi connectivity index (χ1v) is 10.0. The van der Waals surface area contributed by atoms with Crippen LogP contribution in [0.2, 0.25) is 0 Å². The molecule has 154 valence electrons. The molecule has 2 aromatic rings. The fourth-order valence-electron chi connectivity index (χ4n) is 3.22. The number of benzene rings is 1. The van der Waals surface area contributed by atoms with Gasteiger partial charge in [-0.05, 0) is 36.6 Å². The van der Waals surface area contributed by atoms with Gasteiger partial charge in [-0.2, -0.15) is 22.7 Å². The van der Waals surface area contributed by atoms with Crippen molar-refractivity contribution in [3.8, 4) is 17.2 Å². The Bertz CT molecular complexity index is 1090. The van der Waals surface area contributed by atoms with Crippen LogP contribution in [-0.2, 0) is 27.5 Å². The smallest absolute Gasteiger partial charge is 0.416 e. The zero-order valence-electron chi connectivity index (χ0n) is 15.0. The van der Waals surface area contributed by atoms with Gasteiger partial charge in [-0.15, -0.1) is 0 Å². The van der Waals surface area contributed by atoms with E-state index in [0.29, 0.717) is 18.9 Å². The highest BCUT2D eigenvalue weighted by atomic mass is 32.2. The first kappa shape index (κ1) is 20.9. The molecule has 0 radical (unpaired) electrons. The van der Waals surface area contributed by atoms with E-state index in [1.807, 2.05) is 0 Å². The van der Waals surface area contributed by atoms with Crippen LogP contribution in [0.1, 0.15) is 24.0 Å². The molecule has 0 amide bonds. The summed E-state index contributed by atoms with van der Waals surface area (Å²) in [5.41, 5.74) is -1.33. The standard InChI is InChI=1S/C18H16F3N3O4S/c19-18(20,21)14-5-12(16-10-23(11-17(25)26)9-13(16)8-22)6-15(7-14)29(27,28)24-3-1-2-4-24/h5-7,9-10H,1-4,11H2,(H,25,26). The number of hydrogen-bond donors (Lipinski definition) is 1. The molecule has 0 unspecified atom stereocenters. The molecule has 1 fully saturated rings. The highest BCUT2D eigenvalue weighted by Crippen LogP contribution is 2.36. The third kappa shape index (κ3) is 4.28. The van der Waals surface area contributed by atoms with Gasteiger partial charge in [0.05, 0.1) is 16.0 Å². The summed E-state index contributed by atoms with van der Waals surface area (Å²) in [5.74, 6) is -1.20. The normalized spacial score (nSPS) is 15.4. The van der Waals surface area contributed by atoms with E-state index in [2.05, 4.69) is 0 Å². The van der Waals surface area contributed by atoms with Crippen LogP contribution in [0.15, 0.2) is 35.5 Å². The number of nitrogens with zero attached hydrogens (tertiary/aromatic N) is 3. The second-order valence-electron chi connectivity index (χ2n) is 6.62. The lowest BCUT2D eigenvalue weighted by Gasteiger charge is -2.18. The van der Waals surface area contributed by atoms with Gasteiger partial charge >= 0.3 is 12.1 Å². The maximum absolute atomic E-state index is 13.4. The molecule has 1 aliphatic heterocycles. The van der Waals surface area contributed by atoms with Crippen molar-refractivity contribution in [2.75, 3.05) is 13.1 Å². The molecule has 1 aromatic carbocycles. The van der Waals surface area contributed by atoms with Gasteiger partial charge in [-0.3, -0.25) is 4.79 Å². The summed E-state index contributed by atoms with van der Waals surface area (Å²) in [6.07, 6.45) is -1.14. The molecule has 0 bridgehead atoms. The zero-order chi connectivity index (χ0) is 21.4. The van der Waals surface area contributed by atoms with E-state index in [4.69, 9.17) is 5.11 Å². The number of carboxylic acid groups (broad SMARTS) is 1. The minimum atomic E-state index is -4.80. The Kier molecular flexibility index (Phi) is 5.42. The molecular formula is C18H16F3N3O4S. The fourth-order valence-corrected chi connectivity index (χ4v) is 4.81. The van der Waals surface area contributed by atoms with E-state index >= 15 is 0 Å². The number of carbonyl (C=O) groups is 1. The van der Waals surface area contributed by atoms with Gasteiger partial charge in [-0.25, -0.2) is 8.42 Å². The Balaban J connectivity index is 2.19. The topological polar surface area (TPSA) is 103 Å². The molecule has 1 N–H and O–H groups in total. The van der Waals surface area contributed by atoms with Crippen molar-refractivity contribution in [1.29, 1.82) is 5.26 Å². The number of halogens is 3. The summed E-state index contributed by atoms with van der Waals surface area (Å²) >= 11 is 0. The van der Waals surface area contributed by atoms with Crippen molar-refractivity contribution in [1.82, 2.24) is 8.87 Å². The first-order chi connectivity index (χ1) is 13.5. The summed E-state index contributed by atoms with van der Waals surface area (Å²) in [5, 5.41) is 18.2. The molecule has 0 saturated carbocycles. The molecule has 29 heavy (non-hydrogen) atoms. The van der Waals surface area contributed by atoms with Crippen molar-refractivity contribution in [2.24, 2.45) is 0 Å². The van der Waals surface area contributed by atoms with Gasteiger partial charge in [0.2, 0.25) is 10.0 Å². The average molecular weight is 427 g/mol. The highest BCUT2D eigenvalue weighted by molar-refractivity contribution is 7.89. The highest BCUT2D eigenvalue weighted by Gasteiger charge is 2.35. The quantitative estimate of drug-likeness (QED) is 0.790. The molecule has 11 heteroatoms. The third-order valence-electron chi connectivity index (χ3n) is 4.57. The SMILES string of the molecule is N#Cc1cn(CC(=O)O)cc1-c1cc(C(F)(F)F)cc(S(=O)(=O)N2CCCC2)c1. The number of aliphatic carboxylic acids is 1. The molecular weight excluding hydrogens is 411 g/mol. The van der Waals surface area contributed by atoms with Gasteiger partial charge in [0, 0.05) is 31.0 Å². The molecule has 7 nitrogen and oxygen atoms in total. The minimum absolute atomic E-state index is 0.0257. The van der Waals surface area contributed by atoms with Crippen LogP contribution in [0.25, 0.3) is 11.1 Å². The van der Waals surface area contributed by atoms with E-state index in [-0.39, 0.29) is 29.8 Å². The number of sulfonamides is 1. The van der Waals surface area contributed by atoms with Crippen molar-refractivity contribution in [2.45, 2.75) is 30.5 Å². The first-order valence-electron chi connectivity index (χ1n) is 8.57. The lowest BCUT2D eigenvalue weighted by Crippen LogP contribution is -2.28. The molecule has 1 aromatic heterocycles. The third-order valence-corrected chi connectivity index (χ3v) is 6.44. The zero-order valence-corrected chi connectivity index (χ0v) is 15.8. The molecule has 0 atom stereocenters. The lowest BCUT2D eigenvalue weighted by atomic mass is 10.0. The Morgan fingerprint density at radius 1 is 1.17 bits per heavy atom. The number of alkyl halides is 3. The molecule has 0 aliphatic carbocycles. The number of rotatable bonds is 5. The Labute approximate surface area is 164 Å². The van der Waals surface area contributed by atoms with Crippen molar-refractivity contribution >= 4 is 16.0 Å². The second kappa shape index (κ2) is 7.53. The van der Waals surface area contributed by atoms with Gasteiger partial charge < -0.3 is 9.67 Å². The van der Waals surface area contributed by atoms with Crippen LogP contribution in [0.5, 0.6) is 0 Å². The fraction of sp³-hybridized carbons (Fsp3) is 0.333. The summed E-state index contributed by atoms with van der Waals surface area (Å²) in [6.45, 7) is -0.0364. The van der Waals surface area contributed by atoms with Gasteiger partial charge in [-0.1, -0.05) is 0 Å². The van der Waals surface area contributed by atoms with Gasteiger partial charge in [0.15, 0.2) is 0 Å². The molecule has 2 heterocycles. The molecule has 1 saturated heterocycles. The van der Waals surface area contributed by atoms with Crippen molar-refractivity contribution in [3.05, 3.63) is 41.7 Å². The van der Waals surface area contributed by atoms with Gasteiger partial charge in [0.25, 0.3) is 0 Å². The van der Waals surface area contributed by atoms with Crippen molar-refractivity contribution in [3.63, 3.8) is 0 Å². The predicted octanol–water partition coefficient (Wildman–Crippen LogP) is 2.91. The average Bonchev–Trinajstić information content (AvgIpc) is 3.30. The van der Waals surface area contributed by atoms with E-state index in [1.54, 1.807) is 6.07 Å². The summed E-state index contributed by atoms with van der Waals surface area (Å²) in [4.78, 5) is 10.4. The Morgan fingerprint density at radius 2 is 1.83 bits per heavy atom. The Morgan fingerprint density at radius 3 is 2.38 bits per heavy atom. The van der Waals surface area contributed by atoms with E-state index < -0.39 is 39.2 Å². The number of nitriles is 1. The molecule has 1 aliphatic rings. The number of carboxylic acids is 1. The van der Waals surface area contributed by atoms with Crippen LogP contribution in [0.3, 0.4) is 0 Å². The van der Waals surface area contributed by atoms with Gasteiger partial charge in [0.1, 0.15) is 12.6 Å². The monoisotopic (exact) mass is 427 g/mol. The second-order valence-corrected chi connectivity index (χ2v) is 8.56.